The maximum absolute atomic E-state index is 5.75. The summed E-state index contributed by atoms with van der Waals surface area (Å²) < 4.78 is 5.75. The van der Waals surface area contributed by atoms with E-state index in [-0.39, 0.29) is 5.11 Å². The molecule has 0 aliphatic carbocycles. The monoisotopic (exact) mass is 313 g/mol. The summed E-state index contributed by atoms with van der Waals surface area (Å²) in [6.07, 6.45) is 0.731. The molecule has 0 aromatic heterocycles. The van der Waals surface area contributed by atoms with E-state index in [9.17, 15) is 0 Å². The van der Waals surface area contributed by atoms with Crippen molar-refractivity contribution < 1.29 is 4.74 Å². The fourth-order valence-corrected chi connectivity index (χ4v) is 1.98. The summed E-state index contributed by atoms with van der Waals surface area (Å²) in [6.45, 7) is 2.49. The molecule has 2 aromatic carbocycles. The molecule has 3 N–H and O–H groups in total. The first-order chi connectivity index (χ1) is 10.6. The van der Waals surface area contributed by atoms with Gasteiger partial charge in [-0.1, -0.05) is 42.5 Å². The molecule has 0 spiro atoms. The Morgan fingerprint density at radius 1 is 1.09 bits per heavy atom. The first-order valence-corrected chi connectivity index (χ1v) is 7.38. The normalized spacial score (nSPS) is 11.0. The number of ether oxygens (including phenoxy) is 1. The molecule has 0 atom stereocenters. The highest BCUT2D eigenvalue weighted by Gasteiger charge is 1.99. The van der Waals surface area contributed by atoms with Crippen molar-refractivity contribution in [1.29, 1.82) is 0 Å². The number of nitrogens with one attached hydrogen (secondary N) is 1. The van der Waals surface area contributed by atoms with Crippen molar-refractivity contribution in [3.05, 3.63) is 65.7 Å². The summed E-state index contributed by atoms with van der Waals surface area (Å²) in [5, 5.41) is 4.26. The predicted octanol–water partition coefficient (Wildman–Crippen LogP) is 3.02. The summed E-state index contributed by atoms with van der Waals surface area (Å²) in [5.74, 6) is 0.850. The lowest BCUT2D eigenvalue weighted by Crippen LogP contribution is -2.25. The Morgan fingerprint density at radius 3 is 2.41 bits per heavy atom. The smallest absolute Gasteiger partial charge is 0.184 e. The Morgan fingerprint density at radius 2 is 1.77 bits per heavy atom. The van der Waals surface area contributed by atoms with E-state index in [2.05, 4.69) is 10.5 Å². The van der Waals surface area contributed by atoms with E-state index >= 15 is 0 Å². The zero-order valence-corrected chi connectivity index (χ0v) is 13.3. The third kappa shape index (κ3) is 5.54. The van der Waals surface area contributed by atoms with Gasteiger partial charge in [-0.15, -0.1) is 0 Å². The van der Waals surface area contributed by atoms with Gasteiger partial charge < -0.3 is 10.5 Å². The Labute approximate surface area is 136 Å². The topological polar surface area (TPSA) is 59.6 Å². The molecule has 5 heteroatoms. The van der Waals surface area contributed by atoms with Crippen LogP contribution in [0.3, 0.4) is 0 Å². The molecular weight excluding hydrogens is 294 g/mol. The van der Waals surface area contributed by atoms with Gasteiger partial charge in [-0.3, -0.25) is 5.43 Å². The van der Waals surface area contributed by atoms with Gasteiger partial charge in [0.05, 0.1) is 0 Å². The first-order valence-electron chi connectivity index (χ1n) is 6.98. The van der Waals surface area contributed by atoms with Crippen molar-refractivity contribution in [2.75, 3.05) is 0 Å². The van der Waals surface area contributed by atoms with E-state index in [0.717, 1.165) is 29.0 Å². The van der Waals surface area contributed by atoms with Crippen LogP contribution in [0.5, 0.6) is 5.75 Å². The van der Waals surface area contributed by atoms with Gasteiger partial charge in [0.2, 0.25) is 0 Å². The molecule has 0 unspecified atom stereocenters. The zero-order chi connectivity index (χ0) is 15.8. The second kappa shape index (κ2) is 8.14. The average Bonchev–Trinajstić information content (AvgIpc) is 2.53. The molecule has 0 aliphatic heterocycles. The third-order valence-electron chi connectivity index (χ3n) is 2.99. The van der Waals surface area contributed by atoms with E-state index in [1.54, 1.807) is 0 Å². The molecule has 2 rings (SSSR count). The number of nitrogens with zero attached hydrogens (tertiary/aromatic N) is 1. The van der Waals surface area contributed by atoms with Crippen LogP contribution < -0.4 is 15.9 Å². The van der Waals surface area contributed by atoms with E-state index in [0.29, 0.717) is 6.61 Å². The Kier molecular flexibility index (Phi) is 5.91. The van der Waals surface area contributed by atoms with Crippen molar-refractivity contribution in [3.63, 3.8) is 0 Å². The average molecular weight is 313 g/mol. The number of nitrogens with two attached hydrogens (primary N) is 1. The lowest BCUT2D eigenvalue weighted by molar-refractivity contribution is 0.306. The van der Waals surface area contributed by atoms with Crippen LogP contribution in [0.25, 0.3) is 0 Å². The minimum atomic E-state index is 0.170. The van der Waals surface area contributed by atoms with Crippen molar-refractivity contribution in [2.45, 2.75) is 20.0 Å². The molecule has 0 saturated carbocycles. The van der Waals surface area contributed by atoms with Gasteiger partial charge in [0, 0.05) is 12.1 Å². The fourth-order valence-electron chi connectivity index (χ4n) is 1.93. The van der Waals surface area contributed by atoms with Crippen LogP contribution in [0.2, 0.25) is 0 Å². The number of hydrazone groups is 1. The zero-order valence-electron chi connectivity index (χ0n) is 12.5. The maximum Gasteiger partial charge on any atom is 0.184 e. The second-order valence-electron chi connectivity index (χ2n) is 4.92. The van der Waals surface area contributed by atoms with Gasteiger partial charge in [0.25, 0.3) is 0 Å². The summed E-state index contributed by atoms with van der Waals surface area (Å²) in [6, 6.07) is 18.1. The van der Waals surface area contributed by atoms with Crippen molar-refractivity contribution >= 4 is 23.0 Å². The number of hydrogen-bond donors (Lipinski definition) is 2. The quantitative estimate of drug-likeness (QED) is 0.489. The number of benzene rings is 2. The molecule has 0 heterocycles. The lowest BCUT2D eigenvalue weighted by Gasteiger charge is -2.07. The molecule has 2 aromatic rings. The standard InChI is InChI=1S/C17H19N3OS/c1-13(19-20-17(18)22)11-14-7-9-16(10-8-14)21-12-15-5-3-2-4-6-15/h2-10H,11-12H2,1H3,(H3,18,20,22)/b19-13+. The molecule has 0 radical (unpaired) electrons. The molecular formula is C17H19N3OS. The van der Waals surface area contributed by atoms with Crippen LogP contribution in [0, 0.1) is 0 Å². The van der Waals surface area contributed by atoms with Crippen molar-refractivity contribution in [2.24, 2.45) is 10.8 Å². The summed E-state index contributed by atoms with van der Waals surface area (Å²) in [4.78, 5) is 0. The summed E-state index contributed by atoms with van der Waals surface area (Å²) in [7, 11) is 0. The molecule has 0 fully saturated rings. The molecule has 0 amide bonds. The second-order valence-corrected chi connectivity index (χ2v) is 5.36. The van der Waals surface area contributed by atoms with Gasteiger partial charge in [-0.2, -0.15) is 5.10 Å². The summed E-state index contributed by atoms with van der Waals surface area (Å²) >= 11 is 4.71. The van der Waals surface area contributed by atoms with E-state index in [1.807, 2.05) is 61.5 Å². The highest BCUT2D eigenvalue weighted by Crippen LogP contribution is 2.14. The van der Waals surface area contributed by atoms with Crippen LogP contribution in [-0.2, 0) is 13.0 Å². The number of hydrogen-bond acceptors (Lipinski definition) is 3. The predicted molar refractivity (Wildman–Crippen MR) is 94.0 cm³/mol. The van der Waals surface area contributed by atoms with E-state index in [1.165, 1.54) is 0 Å². The van der Waals surface area contributed by atoms with Crippen LogP contribution in [0.15, 0.2) is 59.7 Å². The Balaban J connectivity index is 1.87. The van der Waals surface area contributed by atoms with E-state index in [4.69, 9.17) is 22.7 Å². The fraction of sp³-hybridized carbons (Fsp3) is 0.176. The van der Waals surface area contributed by atoms with E-state index < -0.39 is 0 Å². The Hall–Kier alpha value is -2.40. The molecule has 0 bridgehead atoms. The number of thiocarbonyl (C=S) groups is 1. The molecule has 22 heavy (non-hydrogen) atoms. The molecule has 114 valence electrons. The highest BCUT2D eigenvalue weighted by molar-refractivity contribution is 7.80. The van der Waals surface area contributed by atoms with Gasteiger partial charge in [0.15, 0.2) is 5.11 Å². The van der Waals surface area contributed by atoms with Gasteiger partial charge in [-0.25, -0.2) is 0 Å². The lowest BCUT2D eigenvalue weighted by atomic mass is 10.1. The summed E-state index contributed by atoms with van der Waals surface area (Å²) in [5.41, 5.74) is 11.1. The SMILES string of the molecule is C/C(Cc1ccc(OCc2ccccc2)cc1)=N\NC(N)=S. The van der Waals surface area contributed by atoms with Gasteiger partial charge >= 0.3 is 0 Å². The first kappa shape index (κ1) is 16.0. The Bertz CT molecular complexity index is 639. The molecule has 4 nitrogen and oxygen atoms in total. The van der Waals surface area contributed by atoms with Crippen LogP contribution in [0.1, 0.15) is 18.1 Å². The highest BCUT2D eigenvalue weighted by atomic mass is 32.1. The largest absolute Gasteiger partial charge is 0.489 e. The van der Waals surface area contributed by atoms with Crippen molar-refractivity contribution in [3.8, 4) is 5.75 Å². The maximum atomic E-state index is 5.75. The van der Waals surface area contributed by atoms with Crippen LogP contribution in [-0.4, -0.2) is 10.8 Å². The van der Waals surface area contributed by atoms with Crippen LogP contribution >= 0.6 is 12.2 Å². The van der Waals surface area contributed by atoms with Crippen LogP contribution in [0.4, 0.5) is 0 Å². The van der Waals surface area contributed by atoms with Crippen molar-refractivity contribution in [1.82, 2.24) is 5.43 Å². The minimum absolute atomic E-state index is 0.170. The minimum Gasteiger partial charge on any atom is -0.489 e. The molecule has 0 aliphatic rings. The van der Waals surface area contributed by atoms with Gasteiger partial charge in [0.1, 0.15) is 12.4 Å². The van der Waals surface area contributed by atoms with Gasteiger partial charge in [-0.05, 0) is 42.4 Å². The third-order valence-corrected chi connectivity index (χ3v) is 3.08. The molecule has 0 saturated heterocycles. The number of rotatable bonds is 6.